The molecule has 0 amide bonds. The molecule has 41 heavy (non-hydrogen) atoms. The summed E-state index contributed by atoms with van der Waals surface area (Å²) in [5.41, 5.74) is 2.64. The summed E-state index contributed by atoms with van der Waals surface area (Å²) in [6, 6.07) is 19.8. The molecule has 0 unspecified atom stereocenters. The summed E-state index contributed by atoms with van der Waals surface area (Å²) in [6.45, 7) is 2.05. The molecular weight excluding hydrogens is 566 g/mol. The van der Waals surface area contributed by atoms with Gasteiger partial charge in [0, 0.05) is 22.7 Å². The Balaban J connectivity index is 1.59. The van der Waals surface area contributed by atoms with Crippen molar-refractivity contribution in [2.24, 2.45) is 4.99 Å². The molecule has 208 valence electrons. The second-order valence-corrected chi connectivity index (χ2v) is 10.5. The second kappa shape index (κ2) is 11.9. The van der Waals surface area contributed by atoms with Crippen LogP contribution in [0.25, 0.3) is 6.08 Å². The van der Waals surface area contributed by atoms with Crippen LogP contribution in [-0.4, -0.2) is 22.6 Å². The van der Waals surface area contributed by atoms with Crippen molar-refractivity contribution >= 4 is 40.7 Å². The Hall–Kier alpha value is -4.54. The lowest BCUT2D eigenvalue weighted by atomic mass is 9.95. The zero-order valence-corrected chi connectivity index (χ0v) is 23.6. The van der Waals surface area contributed by atoms with Gasteiger partial charge in [0.2, 0.25) is 0 Å². The number of carbonyl (C=O) groups is 1. The molecule has 0 saturated carbocycles. The fourth-order valence-electron chi connectivity index (χ4n) is 4.59. The second-order valence-electron chi connectivity index (χ2n) is 9.09. The van der Waals surface area contributed by atoms with Gasteiger partial charge in [0.05, 0.1) is 33.9 Å². The molecule has 3 aromatic carbocycles. The third kappa shape index (κ3) is 5.70. The molecule has 1 aliphatic rings. The zero-order chi connectivity index (χ0) is 29.1. The minimum absolute atomic E-state index is 0.00768. The van der Waals surface area contributed by atoms with Crippen LogP contribution >= 0.6 is 22.9 Å². The van der Waals surface area contributed by atoms with E-state index in [-0.39, 0.29) is 17.9 Å². The van der Waals surface area contributed by atoms with Gasteiger partial charge in [-0.05, 0) is 54.0 Å². The average Bonchev–Trinajstić information content (AvgIpc) is 3.30. The average molecular weight is 590 g/mol. The number of rotatable bonds is 8. The van der Waals surface area contributed by atoms with Crippen LogP contribution in [0.4, 0.5) is 5.69 Å². The van der Waals surface area contributed by atoms with E-state index in [0.717, 1.165) is 11.1 Å². The standard InChI is InChI=1S/C30H24ClN3O6S/c1-3-23-26(29(36)39-2)27(19-7-5-4-6-8-19)33-28(35)25(41-30(33)32-23)16-20-15-21(31)11-14-24(20)40-17-18-9-12-22(13-10-18)34(37)38/h4-16,27H,3,17H2,1-2H3/b25-16+/t27-/m0/s1. The molecule has 11 heteroatoms. The first-order valence-corrected chi connectivity index (χ1v) is 13.8. The number of hydrogen-bond donors (Lipinski definition) is 0. The summed E-state index contributed by atoms with van der Waals surface area (Å²) in [5.74, 6) is -0.0619. The summed E-state index contributed by atoms with van der Waals surface area (Å²) in [5, 5.41) is 11.4. The summed E-state index contributed by atoms with van der Waals surface area (Å²) in [7, 11) is 1.31. The number of nitro benzene ring substituents is 1. The van der Waals surface area contributed by atoms with Crippen molar-refractivity contribution in [3.05, 3.63) is 136 Å². The Bertz CT molecular complexity index is 1850. The molecule has 1 aromatic heterocycles. The quantitative estimate of drug-likeness (QED) is 0.163. The predicted molar refractivity (Wildman–Crippen MR) is 156 cm³/mol. The highest BCUT2D eigenvalue weighted by Crippen LogP contribution is 2.32. The van der Waals surface area contributed by atoms with E-state index in [1.807, 2.05) is 37.3 Å². The molecule has 0 bridgehead atoms. The number of carbonyl (C=O) groups excluding carboxylic acids is 1. The van der Waals surface area contributed by atoms with E-state index in [1.165, 1.54) is 35.1 Å². The number of halogens is 1. The zero-order valence-electron chi connectivity index (χ0n) is 22.1. The molecule has 1 aliphatic heterocycles. The highest BCUT2D eigenvalue weighted by molar-refractivity contribution is 7.07. The third-order valence-corrected chi connectivity index (χ3v) is 7.78. The van der Waals surface area contributed by atoms with E-state index in [9.17, 15) is 19.7 Å². The van der Waals surface area contributed by atoms with Crippen molar-refractivity contribution < 1.29 is 19.2 Å². The molecule has 9 nitrogen and oxygen atoms in total. The number of thiazole rings is 1. The van der Waals surface area contributed by atoms with E-state index in [2.05, 4.69) is 4.99 Å². The van der Waals surface area contributed by atoms with Gasteiger partial charge >= 0.3 is 5.97 Å². The smallest absolute Gasteiger partial charge is 0.338 e. The number of nitrogens with zero attached hydrogens (tertiary/aromatic N) is 3. The minimum Gasteiger partial charge on any atom is -0.488 e. The third-order valence-electron chi connectivity index (χ3n) is 6.57. The maximum atomic E-state index is 13.9. The number of hydrogen-bond acceptors (Lipinski definition) is 8. The first kappa shape index (κ1) is 28.0. The fourth-order valence-corrected chi connectivity index (χ4v) is 5.79. The molecule has 2 heterocycles. The van der Waals surface area contributed by atoms with Gasteiger partial charge in [0.1, 0.15) is 12.4 Å². The number of allylic oxidation sites excluding steroid dienone is 1. The number of nitro groups is 1. The Morgan fingerprint density at radius 3 is 2.54 bits per heavy atom. The molecule has 1 atom stereocenters. The van der Waals surface area contributed by atoms with Gasteiger partial charge in [0.15, 0.2) is 4.80 Å². The van der Waals surface area contributed by atoms with Gasteiger partial charge in [-0.3, -0.25) is 19.5 Å². The lowest BCUT2D eigenvalue weighted by Crippen LogP contribution is -2.40. The molecule has 0 spiro atoms. The van der Waals surface area contributed by atoms with Crippen molar-refractivity contribution in [2.75, 3.05) is 7.11 Å². The topological polar surface area (TPSA) is 113 Å². The Morgan fingerprint density at radius 2 is 1.88 bits per heavy atom. The van der Waals surface area contributed by atoms with Gasteiger partial charge in [-0.15, -0.1) is 0 Å². The lowest BCUT2D eigenvalue weighted by molar-refractivity contribution is -0.384. The van der Waals surface area contributed by atoms with Crippen molar-refractivity contribution in [1.82, 2.24) is 4.57 Å². The van der Waals surface area contributed by atoms with E-state index < -0.39 is 16.9 Å². The van der Waals surface area contributed by atoms with E-state index >= 15 is 0 Å². The number of benzene rings is 3. The Morgan fingerprint density at radius 1 is 1.15 bits per heavy atom. The van der Waals surface area contributed by atoms with Crippen molar-refractivity contribution in [3.8, 4) is 5.75 Å². The van der Waals surface area contributed by atoms with E-state index in [1.54, 1.807) is 36.4 Å². The Kier molecular flexibility index (Phi) is 8.14. The normalized spacial score (nSPS) is 14.8. The largest absolute Gasteiger partial charge is 0.488 e. The van der Waals surface area contributed by atoms with Crippen LogP contribution in [0.2, 0.25) is 5.02 Å². The maximum Gasteiger partial charge on any atom is 0.338 e. The Labute approximate surface area is 243 Å². The van der Waals surface area contributed by atoms with Crippen molar-refractivity contribution in [2.45, 2.75) is 26.0 Å². The first-order chi connectivity index (χ1) is 19.8. The number of non-ortho nitro benzene ring substituents is 1. The first-order valence-electron chi connectivity index (χ1n) is 12.6. The van der Waals surface area contributed by atoms with E-state index in [4.69, 9.17) is 21.1 Å². The van der Waals surface area contributed by atoms with Crippen LogP contribution < -0.4 is 19.6 Å². The molecule has 4 aromatic rings. The number of fused-ring (bicyclic) bond motifs is 1. The highest BCUT2D eigenvalue weighted by atomic mass is 35.5. The maximum absolute atomic E-state index is 13.9. The van der Waals surface area contributed by atoms with Gasteiger partial charge in [0.25, 0.3) is 11.2 Å². The SMILES string of the molecule is CCC1=C(C(=O)OC)[C@H](c2ccccc2)n2c(s/c(=C/c3cc(Cl)ccc3OCc3ccc([N+](=O)[O-])cc3)c2=O)=N1. The number of esters is 1. The van der Waals surface area contributed by atoms with Crippen LogP contribution in [0, 0.1) is 10.1 Å². The monoisotopic (exact) mass is 589 g/mol. The lowest BCUT2D eigenvalue weighted by Gasteiger charge is -2.25. The molecular formula is C30H24ClN3O6S. The van der Waals surface area contributed by atoms with E-state index in [0.29, 0.717) is 43.4 Å². The minimum atomic E-state index is -0.700. The van der Waals surface area contributed by atoms with Gasteiger partial charge in [-0.2, -0.15) is 0 Å². The van der Waals surface area contributed by atoms with Crippen molar-refractivity contribution in [1.29, 1.82) is 0 Å². The molecule has 0 aliphatic carbocycles. The van der Waals surface area contributed by atoms with Gasteiger partial charge < -0.3 is 9.47 Å². The fraction of sp³-hybridized carbons (Fsp3) is 0.167. The number of methoxy groups -OCH3 is 1. The molecule has 0 fully saturated rings. The molecule has 0 saturated heterocycles. The van der Waals surface area contributed by atoms with Gasteiger partial charge in [-0.25, -0.2) is 9.79 Å². The highest BCUT2D eigenvalue weighted by Gasteiger charge is 2.33. The van der Waals surface area contributed by atoms with Crippen molar-refractivity contribution in [3.63, 3.8) is 0 Å². The van der Waals surface area contributed by atoms with Crippen LogP contribution in [0.5, 0.6) is 5.75 Å². The molecule has 0 N–H and O–H groups in total. The van der Waals surface area contributed by atoms with Crippen LogP contribution in [-0.2, 0) is 16.1 Å². The summed E-state index contributed by atoms with van der Waals surface area (Å²) < 4.78 is 13.0. The van der Waals surface area contributed by atoms with Crippen LogP contribution in [0.1, 0.15) is 36.1 Å². The molecule has 5 rings (SSSR count). The summed E-state index contributed by atoms with van der Waals surface area (Å²) >= 11 is 7.51. The predicted octanol–water partition coefficient (Wildman–Crippen LogP) is 4.94. The summed E-state index contributed by atoms with van der Waals surface area (Å²) in [4.78, 5) is 42.5. The summed E-state index contributed by atoms with van der Waals surface area (Å²) in [6.07, 6.45) is 2.17. The van der Waals surface area contributed by atoms with Crippen LogP contribution in [0.15, 0.2) is 93.9 Å². The number of ether oxygens (including phenoxy) is 2. The number of aromatic nitrogens is 1. The molecule has 0 radical (unpaired) electrons. The van der Waals surface area contributed by atoms with Gasteiger partial charge in [-0.1, -0.05) is 60.2 Å². The van der Waals surface area contributed by atoms with Crippen LogP contribution in [0.3, 0.4) is 0 Å².